The summed E-state index contributed by atoms with van der Waals surface area (Å²) in [6.45, 7) is 0. The quantitative estimate of drug-likeness (QED) is 0.0324. The molecule has 4 rings (SSSR count). The van der Waals surface area contributed by atoms with Gasteiger partial charge < -0.3 is 9.47 Å². The van der Waals surface area contributed by atoms with Crippen LogP contribution in [0.3, 0.4) is 0 Å². The van der Waals surface area contributed by atoms with E-state index in [1.165, 1.54) is 13.3 Å². The number of pyridine rings is 2. The summed E-state index contributed by atoms with van der Waals surface area (Å²) in [6, 6.07) is 16.6. The van der Waals surface area contributed by atoms with Crippen LogP contribution in [0.25, 0.3) is 21.8 Å². The molecule has 0 bridgehead atoms. The fraction of sp³-hybridized carbons (Fsp3) is 0.100. The predicted molar refractivity (Wildman–Crippen MR) is 1600 cm³/mol. The topological polar surface area (TPSA) is 78.4 Å². The average Bonchev–Trinajstić information content (AvgIpc) is 0.776. The van der Waals surface area contributed by atoms with Gasteiger partial charge in [-0.05, 0) is 36.4 Å². The van der Waals surface area contributed by atoms with Gasteiger partial charge in [0, 0.05) is 39.9 Å². The van der Waals surface area contributed by atoms with E-state index in [0.29, 0.717) is 24.2 Å². The Bertz CT molecular complexity index is 4090. The molecule has 2 aromatic heterocycles. The summed E-state index contributed by atoms with van der Waals surface area (Å²) in [4.78, 5) is 8.13. The third kappa shape index (κ3) is 79.9. The van der Waals surface area contributed by atoms with Gasteiger partial charge in [-0.2, -0.15) is 0 Å². The number of ether oxygens (including phenoxy) is 2. The number of nitrogens with zero attached hydrogens (tertiary/aromatic N) is 2. The van der Waals surface area contributed by atoms with Crippen LogP contribution in [0.15, 0.2) is 71.9 Å². The normalized spacial score (nSPS) is 17.5. The molecule has 0 saturated heterocycles. The summed E-state index contributed by atoms with van der Waals surface area (Å²) in [7, 11) is -27.5. The third-order valence-electron chi connectivity index (χ3n) is 8.17. The van der Waals surface area contributed by atoms with Crippen molar-refractivity contribution in [2.75, 3.05) is 14.2 Å². The zero-order chi connectivity index (χ0) is 105. The van der Waals surface area contributed by atoms with Crippen molar-refractivity contribution in [3.8, 4) is 11.5 Å². The summed E-state index contributed by atoms with van der Waals surface area (Å²) in [5, 5.41) is 1.83. The molecular weight excluding hydrogens is 14000 g/mol. The number of methoxy groups -OCH3 is 2. The Labute approximate surface area is 1510 Å². The predicted octanol–water partition coefficient (Wildman–Crippen LogP) is 95.3. The van der Waals surface area contributed by atoms with E-state index in [4.69, 9.17) is 20.2 Å². The number of hydrogen-bond donors (Lipinski definition) is 0. The number of rotatable bonds is 55. The van der Waals surface area contributed by atoms with Gasteiger partial charge in [-0.15, -0.1) is 0 Å². The molecule has 135 heavy (non-hydrogen) atoms. The zero-order valence-corrected chi connectivity index (χ0v) is 288. The van der Waals surface area contributed by atoms with Crippen molar-refractivity contribution in [1.29, 1.82) is 0 Å². The summed E-state index contributed by atoms with van der Waals surface area (Å²) in [5.41, 5.74) is 1.29. The molecule has 0 radical (unpaired) electrons. The van der Waals surface area contributed by atoms with Crippen LogP contribution in [0.5, 0.6) is 11.5 Å². The monoisotopic (exact) mass is 14000 g/mol. The van der Waals surface area contributed by atoms with E-state index in [1.807, 2.05) is 30.3 Å². The standard InChI is InChI=1S/C10H8ClNO3S.C10H9NO.I107/c1-15-8-5-4-7-3-2-6-12-9(7)10(8)16(11,13)14;1-12-9-5-4-8-3-2-6-11-10(8)7-9;1-55-57(4)59(6)61(8)63(10)65(12)67(14)69(16)71(18)73(20)75(22)77(24)79(26)81(28)83(30)85(32)87(34)89(36)91(38)93(40)95(42)97(44)99(46)101(48)103(50)105(52)107(54)106(53)104(51)102(49)100(47)98(45)96(43)94(41)92(39)90(37)88(35)86(33)84(31)82(29)80(27)78(25)76(23)74(21)72(19)70(17)68(15)66(13)64(11)62(9)60(7)58(5)56(2)3/h2-6H,1H3;2-7H,1H3;/q;;-1. The SMILES string of the molecule is COc1ccc2cccnc2c1.COc1ccc2cccnc2c1S(=O)(=O)Cl.I[I-]I(I)I(I)I(I)I(I)I(I)I(I)I(I)I(I)I(I)I(I)I(I)I(I)I(I)I(I)I(I)I(I)I(I)I(I)I(I)I(I)I(I)I(I)I(I)I(I)I(I)I(I)I(I)I(I)I(I)I(I)I(I)I(I)I(I)I(I)I(I)I(I)I(I)I(I)I(I)I(I)I(I)I(I)I(I)I(I)I(I)I(I)I(I)I(I)I(I)I(I)I(I)I(I)I. The van der Waals surface area contributed by atoms with E-state index in [2.05, 4.69) is 1020 Å². The van der Waals surface area contributed by atoms with E-state index >= 15 is 0 Å². The van der Waals surface area contributed by atoms with Crippen LogP contribution < -0.4 is 22.7 Å². The molecule has 0 fully saturated rings. The summed E-state index contributed by atoms with van der Waals surface area (Å²) in [6.07, 6.45) is 3.29. The van der Waals surface area contributed by atoms with Crippen molar-refractivity contribution in [2.45, 2.75) is 4.90 Å². The molecule has 0 N–H and O–H groups in total. The summed E-state index contributed by atoms with van der Waals surface area (Å²) >= 11 is 184. The molecule has 0 unspecified atom stereocenters. The van der Waals surface area contributed by atoms with Crippen LogP contribution in [0.4, 0.5) is 0 Å². The minimum absolute atomic E-state index is 0.0882. The van der Waals surface area contributed by atoms with Gasteiger partial charge in [-0.25, -0.2) is 8.42 Å². The second kappa shape index (κ2) is 121. The molecule has 4 aromatic rings. The average molecular weight is 14000 g/mol. The fourth-order valence-electron chi connectivity index (χ4n) is 4.23. The van der Waals surface area contributed by atoms with Gasteiger partial charge in [0.05, 0.1) is 25.3 Å². The first-order valence-corrected chi connectivity index (χ1v) is 692. The molecule has 894 valence electrons. The van der Waals surface area contributed by atoms with E-state index in [-0.39, 0.29) is 10.6 Å². The van der Waals surface area contributed by atoms with Gasteiger partial charge in [0.2, 0.25) is 0 Å². The van der Waals surface area contributed by atoms with Crippen LogP contribution in [-0.2, 0) is 9.05 Å². The first-order chi connectivity index (χ1) is 62.2. The number of halogens is 108. The molecule has 0 aliphatic carbocycles. The second-order valence-corrected chi connectivity index (χ2v) is 2570. The number of aromatic nitrogens is 2. The Morgan fingerprint density at radius 3 is 0.615 bits per heavy atom. The van der Waals surface area contributed by atoms with Gasteiger partial charge in [0.1, 0.15) is 11.5 Å². The Morgan fingerprint density at radius 1 is 0.244 bits per heavy atom. The van der Waals surface area contributed by atoms with Gasteiger partial charge in [-0.3, -0.25) is 9.97 Å². The van der Waals surface area contributed by atoms with Crippen molar-refractivity contribution in [1.82, 2.24) is 9.97 Å². The molecule has 0 amide bonds. The van der Waals surface area contributed by atoms with Crippen molar-refractivity contribution in [3.63, 3.8) is 0 Å². The third-order valence-corrected chi connectivity index (χ3v) is 8520. The van der Waals surface area contributed by atoms with E-state index in [9.17, 15) is 8.42 Å². The minimum atomic E-state index is -3.89. The van der Waals surface area contributed by atoms with Gasteiger partial charge in [0.25, 0.3) is 9.05 Å². The number of fused-ring (bicyclic) bond motifs is 2. The Morgan fingerprint density at radius 2 is 0.430 bits per heavy atom. The second-order valence-electron chi connectivity index (χ2n) is 14.1. The maximum absolute atomic E-state index is 11.5. The van der Waals surface area contributed by atoms with Crippen molar-refractivity contribution < 1.29 is 31.1 Å². The molecule has 0 atom stereocenters. The maximum atomic E-state index is 11.5. The van der Waals surface area contributed by atoms with E-state index in [1.54, 1.807) is 37.6 Å². The zero-order valence-electron chi connectivity index (χ0n) is 55.6. The number of benzene rings is 2. The molecule has 0 aliphatic rings. The summed E-state index contributed by atoms with van der Waals surface area (Å²) in [5.74, 6) is 1.04. The van der Waals surface area contributed by atoms with Gasteiger partial charge in [0.15, 0.2) is 4.90 Å². The molecule has 2 heterocycles. The van der Waals surface area contributed by atoms with Crippen LogP contribution in [0.1, 0.15) is 0 Å². The van der Waals surface area contributed by atoms with Crippen molar-refractivity contribution >= 4 is 1460 Å². The first-order valence-electron chi connectivity index (χ1n) is 23.3. The Kier molecular flexibility index (Phi) is 184. The summed E-state index contributed by atoms with van der Waals surface area (Å²) < 4.78 is 33.0. The van der Waals surface area contributed by atoms with Crippen molar-refractivity contribution in [2.24, 2.45) is 0 Å². The first kappa shape index (κ1) is 206. The molecule has 0 saturated carbocycles. The molecule has 6 nitrogen and oxygen atoms in total. The van der Waals surface area contributed by atoms with Crippen LogP contribution in [-0.4, -0.2) is 32.6 Å². The Balaban J connectivity index is 0.00000183. The Hall–Kier alpha value is 75.2. The molecular formula is C20H17ClI107N2O4S-. The fourth-order valence-corrected chi connectivity index (χ4v) is 21200. The van der Waals surface area contributed by atoms with Gasteiger partial charge >= 0.3 is 1430 Å². The molecule has 0 spiro atoms. The van der Waals surface area contributed by atoms with Crippen LogP contribution >= 0.6 is 1430 Å². The van der Waals surface area contributed by atoms with Crippen LogP contribution in [0, 0.1) is 0 Å². The van der Waals surface area contributed by atoms with Crippen molar-refractivity contribution in [3.05, 3.63) is 67.0 Å². The van der Waals surface area contributed by atoms with E-state index < -0.39 is 420 Å². The number of hydrogen-bond acceptors (Lipinski definition) is 6. The molecule has 115 heteroatoms. The molecule has 0 aliphatic heterocycles. The van der Waals surface area contributed by atoms with Gasteiger partial charge in [-0.1, -0.05) is 12.1 Å². The van der Waals surface area contributed by atoms with Crippen LogP contribution in [0.2, 0.25) is 0 Å². The molecule has 2 aromatic carbocycles. The van der Waals surface area contributed by atoms with E-state index in [0.717, 1.165) is 16.7 Å².